The lowest BCUT2D eigenvalue weighted by atomic mass is 9.81. The summed E-state index contributed by atoms with van der Waals surface area (Å²) in [5.74, 6) is 0.852. The Morgan fingerprint density at radius 3 is 1.82 bits per heavy atom. The second kappa shape index (κ2) is 14.9. The second-order valence-corrected chi connectivity index (χ2v) is 15.3. The van der Waals surface area contributed by atoms with E-state index in [1.807, 2.05) is 36.5 Å². The highest BCUT2D eigenvalue weighted by Gasteiger charge is 2.25. The van der Waals surface area contributed by atoms with Gasteiger partial charge < -0.3 is 5.11 Å². The molecule has 0 saturated carbocycles. The molecule has 1 N–H and O–H groups in total. The molecule has 4 heteroatoms. The van der Waals surface area contributed by atoms with Crippen molar-refractivity contribution in [3.05, 3.63) is 194 Å². The van der Waals surface area contributed by atoms with Crippen LogP contribution in [0.3, 0.4) is 0 Å². The minimum Gasteiger partial charge on any atom is -0.507 e. The minimum atomic E-state index is -0.0102. The van der Waals surface area contributed by atoms with Crippen LogP contribution in [-0.2, 0) is 5.41 Å². The third kappa shape index (κ3) is 6.81. The van der Waals surface area contributed by atoms with Gasteiger partial charge in [-0.05, 0) is 111 Å². The molecule has 7 aromatic carbocycles. The van der Waals surface area contributed by atoms with E-state index < -0.39 is 0 Å². The van der Waals surface area contributed by atoms with Crippen LogP contribution in [0.15, 0.2) is 188 Å². The maximum Gasteiger partial charge on any atom is 0.149 e. The molecule has 0 atom stereocenters. The fraction of sp³-hybridized carbons (Fsp3) is 0.0943. The van der Waals surface area contributed by atoms with Gasteiger partial charge in [0.1, 0.15) is 11.6 Å². The number of nitrogens with zero attached hydrogens (tertiary/aromatic N) is 3. The molecular formula is C53H43N3O. The zero-order valence-electron chi connectivity index (χ0n) is 32.4. The first-order valence-corrected chi connectivity index (χ1v) is 19.6. The molecule has 0 aliphatic rings. The van der Waals surface area contributed by atoms with E-state index in [2.05, 4.69) is 171 Å². The molecule has 0 radical (unpaired) electrons. The van der Waals surface area contributed by atoms with Crippen molar-refractivity contribution in [1.82, 2.24) is 14.5 Å². The first kappa shape index (κ1) is 35.6. The summed E-state index contributed by atoms with van der Waals surface area (Å²) in [6.45, 7) is 6.84. The van der Waals surface area contributed by atoms with Crippen LogP contribution in [0.4, 0.5) is 0 Å². The van der Waals surface area contributed by atoms with Crippen LogP contribution in [0, 0.1) is 0 Å². The fourth-order valence-corrected chi connectivity index (χ4v) is 7.75. The normalized spacial score (nSPS) is 11.6. The lowest BCUT2D eigenvalue weighted by Gasteiger charge is -2.25. The summed E-state index contributed by atoms with van der Waals surface area (Å²) in [5.41, 5.74) is 15.3. The summed E-state index contributed by atoms with van der Waals surface area (Å²) >= 11 is 0. The van der Waals surface area contributed by atoms with Crippen molar-refractivity contribution in [3.8, 4) is 78.6 Å². The highest BCUT2D eigenvalue weighted by molar-refractivity contribution is 5.98. The van der Waals surface area contributed by atoms with E-state index in [9.17, 15) is 5.11 Å². The van der Waals surface area contributed by atoms with E-state index >= 15 is 0 Å². The molecule has 2 aromatic heterocycles. The molecule has 0 aliphatic carbocycles. The van der Waals surface area contributed by atoms with Crippen molar-refractivity contribution in [1.29, 1.82) is 0 Å². The van der Waals surface area contributed by atoms with Crippen molar-refractivity contribution in [2.24, 2.45) is 0 Å². The number of phenolic OH excluding ortho intramolecular Hbond substituents is 1. The van der Waals surface area contributed by atoms with Crippen LogP contribution in [0.25, 0.3) is 83.9 Å². The van der Waals surface area contributed by atoms with Crippen molar-refractivity contribution >= 4 is 11.0 Å². The number of pyridine rings is 1. The van der Waals surface area contributed by atoms with E-state index in [0.29, 0.717) is 11.4 Å². The quantitative estimate of drug-likeness (QED) is 0.160. The maximum absolute atomic E-state index is 11.4. The van der Waals surface area contributed by atoms with Crippen LogP contribution in [-0.4, -0.2) is 19.6 Å². The van der Waals surface area contributed by atoms with Crippen molar-refractivity contribution in [2.45, 2.75) is 32.6 Å². The highest BCUT2D eigenvalue weighted by atomic mass is 16.3. The number of aromatic nitrogens is 3. The lowest BCUT2D eigenvalue weighted by molar-refractivity contribution is 0.477. The SMILES string of the molecule is CCC(C)(C)c1ccc(-n2c(-c3ccccc3O)nc3c(-c4cc(-c5ccccc5)cc(-c5cc(-c6ccccc6)ccn5)c4)cccc32)c(-c2ccccc2)c1. The summed E-state index contributed by atoms with van der Waals surface area (Å²) in [6, 6.07) is 63.2. The molecule has 9 aromatic rings. The van der Waals surface area contributed by atoms with Crippen molar-refractivity contribution in [2.75, 3.05) is 0 Å². The summed E-state index contributed by atoms with van der Waals surface area (Å²) in [6.07, 6.45) is 2.90. The second-order valence-electron chi connectivity index (χ2n) is 15.3. The van der Waals surface area contributed by atoms with Crippen LogP contribution >= 0.6 is 0 Å². The minimum absolute atomic E-state index is 0.0102. The van der Waals surface area contributed by atoms with E-state index in [1.165, 1.54) is 5.56 Å². The molecule has 57 heavy (non-hydrogen) atoms. The third-order valence-electron chi connectivity index (χ3n) is 11.3. The fourth-order valence-electron chi connectivity index (χ4n) is 7.75. The standard InChI is InChI=1S/C53H43N3O/c1-4-53(2,3)43-27-28-48(46(35-43)38-21-12-7-13-22-38)56-49-25-16-24-44(51(49)55-52(56)45-23-14-15-26-50(45)57)41-31-40(37-19-10-6-11-20-37)32-42(33-41)47-34-39(29-30-54-47)36-17-8-5-9-18-36/h5-35,57H,4H2,1-3H3. The molecule has 0 fully saturated rings. The van der Waals surface area contributed by atoms with Crippen molar-refractivity contribution in [3.63, 3.8) is 0 Å². The number of phenols is 1. The van der Waals surface area contributed by atoms with Gasteiger partial charge in [0.15, 0.2) is 0 Å². The number of para-hydroxylation sites is 2. The van der Waals surface area contributed by atoms with Gasteiger partial charge in [0.05, 0.1) is 28.0 Å². The van der Waals surface area contributed by atoms with Crippen LogP contribution in [0.1, 0.15) is 32.8 Å². The van der Waals surface area contributed by atoms with Gasteiger partial charge in [-0.15, -0.1) is 0 Å². The Bertz CT molecular complexity index is 2860. The molecule has 9 rings (SSSR count). The zero-order chi connectivity index (χ0) is 38.9. The Morgan fingerprint density at radius 1 is 0.509 bits per heavy atom. The average Bonchev–Trinajstić information content (AvgIpc) is 3.66. The average molecular weight is 738 g/mol. The first-order valence-electron chi connectivity index (χ1n) is 19.6. The number of fused-ring (bicyclic) bond motifs is 1. The van der Waals surface area contributed by atoms with Crippen molar-refractivity contribution < 1.29 is 5.11 Å². The van der Waals surface area contributed by atoms with Gasteiger partial charge in [0, 0.05) is 22.9 Å². The Hall–Kier alpha value is -7.04. The number of benzene rings is 7. The molecular weight excluding hydrogens is 695 g/mol. The maximum atomic E-state index is 11.4. The number of hydrogen-bond donors (Lipinski definition) is 1. The van der Waals surface area contributed by atoms with Crippen LogP contribution in [0.2, 0.25) is 0 Å². The number of imidazole rings is 1. The first-order chi connectivity index (χ1) is 27.9. The molecule has 2 heterocycles. The van der Waals surface area contributed by atoms with Gasteiger partial charge in [-0.1, -0.05) is 142 Å². The molecule has 4 nitrogen and oxygen atoms in total. The highest BCUT2D eigenvalue weighted by Crippen LogP contribution is 2.42. The molecule has 0 aliphatic heterocycles. The van der Waals surface area contributed by atoms with Crippen LogP contribution < -0.4 is 0 Å². The molecule has 0 amide bonds. The van der Waals surface area contributed by atoms with Gasteiger partial charge in [-0.2, -0.15) is 0 Å². The largest absolute Gasteiger partial charge is 0.507 e. The van der Waals surface area contributed by atoms with Crippen LogP contribution in [0.5, 0.6) is 5.75 Å². The van der Waals surface area contributed by atoms with Gasteiger partial charge >= 0.3 is 0 Å². The predicted octanol–water partition coefficient (Wildman–Crippen LogP) is 13.8. The predicted molar refractivity (Wildman–Crippen MR) is 236 cm³/mol. The summed E-state index contributed by atoms with van der Waals surface area (Å²) in [7, 11) is 0. The number of rotatable bonds is 9. The number of hydrogen-bond acceptors (Lipinski definition) is 3. The zero-order valence-corrected chi connectivity index (χ0v) is 32.4. The summed E-state index contributed by atoms with van der Waals surface area (Å²) in [5, 5.41) is 11.4. The summed E-state index contributed by atoms with van der Waals surface area (Å²) < 4.78 is 2.23. The Balaban J connectivity index is 1.31. The summed E-state index contributed by atoms with van der Waals surface area (Å²) in [4.78, 5) is 10.4. The van der Waals surface area contributed by atoms with Gasteiger partial charge in [0.2, 0.25) is 0 Å². The molecule has 0 spiro atoms. The Kier molecular flexibility index (Phi) is 9.31. The van der Waals surface area contributed by atoms with E-state index in [0.717, 1.165) is 78.9 Å². The van der Waals surface area contributed by atoms with Gasteiger partial charge in [-0.25, -0.2) is 4.98 Å². The molecule has 276 valence electrons. The topological polar surface area (TPSA) is 50.9 Å². The Morgan fingerprint density at radius 2 is 1.12 bits per heavy atom. The third-order valence-corrected chi connectivity index (χ3v) is 11.3. The van der Waals surface area contributed by atoms with Gasteiger partial charge in [-0.3, -0.25) is 9.55 Å². The molecule has 0 unspecified atom stereocenters. The molecule has 0 saturated heterocycles. The number of aromatic hydroxyl groups is 1. The smallest absolute Gasteiger partial charge is 0.149 e. The van der Waals surface area contributed by atoms with E-state index in [1.54, 1.807) is 6.07 Å². The van der Waals surface area contributed by atoms with E-state index in [4.69, 9.17) is 9.97 Å². The Labute approximate surface area is 334 Å². The lowest BCUT2D eigenvalue weighted by Crippen LogP contribution is -2.16. The van der Waals surface area contributed by atoms with Gasteiger partial charge in [0.25, 0.3) is 0 Å². The monoisotopic (exact) mass is 737 g/mol. The van der Waals surface area contributed by atoms with E-state index in [-0.39, 0.29) is 11.2 Å². The molecule has 0 bridgehead atoms.